The van der Waals surface area contributed by atoms with Crippen molar-refractivity contribution in [3.8, 4) is 0 Å². The molecule has 0 aliphatic heterocycles. The number of unbranched alkanes of at least 4 members (excludes halogenated alkanes) is 12. The standard InChI is InChI=1S/C27H43O3P/c1-2-3-4-5-6-7-8-9-10-11-12-13-20-25-30-31(28,29,26-21-16-14-17-22-26)27-23-18-15-19-24-27/h14-19,21-24,28-29H,2-13,20,25H2,1H3. The Kier molecular flexibility index (Phi) is 11.8. The Morgan fingerprint density at radius 1 is 0.548 bits per heavy atom. The van der Waals surface area contributed by atoms with Crippen molar-refractivity contribution in [1.29, 1.82) is 0 Å². The molecule has 0 unspecified atom stereocenters. The SMILES string of the molecule is CCCCCCCCCCCCCCCOP(O)(O)(c1ccccc1)c1ccccc1. The Labute approximate surface area is 190 Å². The van der Waals surface area contributed by atoms with Gasteiger partial charge in [-0.05, 0) is 0 Å². The Bertz CT molecular complexity index is 659. The third-order valence-corrected chi connectivity index (χ3v) is 9.16. The van der Waals surface area contributed by atoms with Crippen LogP contribution in [0.15, 0.2) is 60.7 Å². The summed E-state index contributed by atoms with van der Waals surface area (Å²) in [6.07, 6.45) is 16.7. The number of rotatable bonds is 17. The average molecular weight is 447 g/mol. The van der Waals surface area contributed by atoms with Crippen LogP contribution < -0.4 is 10.6 Å². The van der Waals surface area contributed by atoms with Crippen LogP contribution in [0.1, 0.15) is 90.4 Å². The summed E-state index contributed by atoms with van der Waals surface area (Å²) >= 11 is 0. The molecule has 3 nitrogen and oxygen atoms in total. The van der Waals surface area contributed by atoms with Gasteiger partial charge < -0.3 is 0 Å². The molecular weight excluding hydrogens is 403 g/mol. The molecule has 31 heavy (non-hydrogen) atoms. The Hall–Kier alpha value is -1.25. The van der Waals surface area contributed by atoms with Crippen LogP contribution in [0.3, 0.4) is 0 Å². The van der Waals surface area contributed by atoms with Gasteiger partial charge in [0.15, 0.2) is 0 Å². The second-order valence-corrected chi connectivity index (χ2v) is 11.9. The van der Waals surface area contributed by atoms with E-state index in [-0.39, 0.29) is 0 Å². The van der Waals surface area contributed by atoms with Crippen molar-refractivity contribution in [1.82, 2.24) is 0 Å². The van der Waals surface area contributed by atoms with E-state index >= 15 is 0 Å². The fourth-order valence-corrected chi connectivity index (χ4v) is 6.54. The summed E-state index contributed by atoms with van der Waals surface area (Å²) in [4.78, 5) is 22.9. The van der Waals surface area contributed by atoms with Crippen LogP contribution in [-0.4, -0.2) is 16.4 Å². The van der Waals surface area contributed by atoms with Crippen LogP contribution in [0.4, 0.5) is 0 Å². The van der Waals surface area contributed by atoms with E-state index in [2.05, 4.69) is 6.92 Å². The van der Waals surface area contributed by atoms with Gasteiger partial charge in [0.25, 0.3) is 0 Å². The molecule has 0 fully saturated rings. The fourth-order valence-electron chi connectivity index (χ4n) is 4.05. The summed E-state index contributed by atoms with van der Waals surface area (Å²) < 4.78 is 5.93. The van der Waals surface area contributed by atoms with Crippen LogP contribution >= 0.6 is 7.28 Å². The van der Waals surface area contributed by atoms with Gasteiger partial charge in [0.1, 0.15) is 0 Å². The van der Waals surface area contributed by atoms with Gasteiger partial charge >= 0.3 is 164 Å². The molecule has 2 aromatic carbocycles. The fraction of sp³-hybridized carbons (Fsp3) is 0.556. The van der Waals surface area contributed by atoms with Crippen molar-refractivity contribution in [2.75, 3.05) is 6.61 Å². The monoisotopic (exact) mass is 446 g/mol. The van der Waals surface area contributed by atoms with E-state index < -0.39 is 7.28 Å². The van der Waals surface area contributed by atoms with Gasteiger partial charge in [-0.15, -0.1) is 0 Å². The molecule has 0 radical (unpaired) electrons. The van der Waals surface area contributed by atoms with Gasteiger partial charge in [0.05, 0.1) is 0 Å². The van der Waals surface area contributed by atoms with Gasteiger partial charge in [-0.25, -0.2) is 0 Å². The Balaban J connectivity index is 1.67. The summed E-state index contributed by atoms with van der Waals surface area (Å²) in [6, 6.07) is 18.0. The molecule has 0 saturated carbocycles. The average Bonchev–Trinajstić information content (AvgIpc) is 2.81. The van der Waals surface area contributed by atoms with Crippen LogP contribution in [0.25, 0.3) is 0 Å². The minimum atomic E-state index is -4.60. The zero-order valence-corrected chi connectivity index (χ0v) is 20.3. The molecule has 0 aliphatic carbocycles. The van der Waals surface area contributed by atoms with E-state index in [9.17, 15) is 9.79 Å². The van der Waals surface area contributed by atoms with Crippen molar-refractivity contribution >= 4 is 17.9 Å². The minimum absolute atomic E-state index is 0.354. The van der Waals surface area contributed by atoms with Crippen molar-refractivity contribution in [3.63, 3.8) is 0 Å². The molecule has 0 heterocycles. The van der Waals surface area contributed by atoms with Crippen molar-refractivity contribution in [2.45, 2.75) is 90.4 Å². The summed E-state index contributed by atoms with van der Waals surface area (Å²) in [6.45, 7) is 2.62. The summed E-state index contributed by atoms with van der Waals surface area (Å²) in [5.41, 5.74) is 0. The first kappa shape index (κ1) is 26.0. The van der Waals surface area contributed by atoms with Crippen molar-refractivity contribution in [2.24, 2.45) is 0 Å². The molecule has 0 aromatic heterocycles. The third kappa shape index (κ3) is 8.66. The number of benzene rings is 2. The topological polar surface area (TPSA) is 49.7 Å². The molecule has 2 aromatic rings. The van der Waals surface area contributed by atoms with E-state index in [1.54, 1.807) is 24.3 Å². The zero-order valence-electron chi connectivity index (χ0n) is 19.4. The Morgan fingerprint density at radius 3 is 1.29 bits per heavy atom. The van der Waals surface area contributed by atoms with E-state index in [1.807, 2.05) is 36.4 Å². The number of hydrogen-bond acceptors (Lipinski definition) is 3. The van der Waals surface area contributed by atoms with Crippen LogP contribution in [-0.2, 0) is 4.52 Å². The molecule has 174 valence electrons. The van der Waals surface area contributed by atoms with Crippen molar-refractivity contribution in [3.05, 3.63) is 60.7 Å². The van der Waals surface area contributed by atoms with Gasteiger partial charge in [-0.2, -0.15) is 0 Å². The van der Waals surface area contributed by atoms with Crippen LogP contribution in [0, 0.1) is 0 Å². The van der Waals surface area contributed by atoms with Gasteiger partial charge in [0, 0.05) is 0 Å². The van der Waals surface area contributed by atoms with Gasteiger partial charge in [0.2, 0.25) is 0 Å². The summed E-state index contributed by atoms with van der Waals surface area (Å²) in [5, 5.41) is 0.906. The first-order valence-corrected chi connectivity index (χ1v) is 14.4. The first-order chi connectivity index (χ1) is 15.1. The predicted molar refractivity (Wildman–Crippen MR) is 135 cm³/mol. The summed E-state index contributed by atoms with van der Waals surface area (Å²) in [7, 11) is -4.60. The molecule has 4 heteroatoms. The van der Waals surface area contributed by atoms with Crippen LogP contribution in [0.2, 0.25) is 0 Å². The molecule has 0 aliphatic rings. The van der Waals surface area contributed by atoms with Gasteiger partial charge in [-0.1, -0.05) is 26.2 Å². The Morgan fingerprint density at radius 2 is 0.903 bits per heavy atom. The second-order valence-electron chi connectivity index (χ2n) is 8.69. The molecule has 2 N–H and O–H groups in total. The molecule has 2 rings (SSSR count). The molecule has 0 spiro atoms. The first-order valence-electron chi connectivity index (χ1n) is 12.3. The normalized spacial score (nSPS) is 13.1. The van der Waals surface area contributed by atoms with E-state index in [1.165, 1.54) is 70.6 Å². The molecule has 0 saturated heterocycles. The maximum atomic E-state index is 11.5. The molecular formula is C27H43O3P. The molecule has 0 atom stereocenters. The van der Waals surface area contributed by atoms with Crippen molar-refractivity contribution < 1.29 is 14.3 Å². The van der Waals surface area contributed by atoms with E-state index in [0.717, 1.165) is 12.8 Å². The zero-order chi connectivity index (χ0) is 22.3. The van der Waals surface area contributed by atoms with Gasteiger partial charge in [-0.3, -0.25) is 0 Å². The second kappa shape index (κ2) is 14.0. The third-order valence-electron chi connectivity index (χ3n) is 6.03. The quantitative estimate of drug-likeness (QED) is 0.203. The van der Waals surface area contributed by atoms with E-state index in [4.69, 9.17) is 4.52 Å². The number of hydrogen-bond donors (Lipinski definition) is 2. The summed E-state index contributed by atoms with van der Waals surface area (Å²) in [5.74, 6) is 0. The molecule has 0 bridgehead atoms. The molecule has 0 amide bonds. The predicted octanol–water partition coefficient (Wildman–Crippen LogP) is 7.03. The van der Waals surface area contributed by atoms with E-state index in [0.29, 0.717) is 17.2 Å². The maximum absolute atomic E-state index is 11.5. The van der Waals surface area contributed by atoms with Crippen LogP contribution in [0.5, 0.6) is 0 Å².